The summed E-state index contributed by atoms with van der Waals surface area (Å²) in [5, 5.41) is 23.1. The minimum Gasteiger partial charge on any atom is -0.466 e. The number of allylic oxidation sites excluding steroid dienone is 5. The zero-order valence-electron chi connectivity index (χ0n) is 50.5. The lowest BCUT2D eigenvalue weighted by Crippen LogP contribution is -2.45. The molecule has 0 fully saturated rings. The molecule has 0 saturated carbocycles. The quantitative estimate of drug-likeness (QED) is 0.0320. The van der Waals surface area contributed by atoms with Gasteiger partial charge < -0.3 is 20.3 Å². The molecule has 0 saturated heterocycles. The molecule has 0 aromatic heterocycles. The number of hydrogen-bond donors (Lipinski definition) is 3. The number of aliphatic hydroxyl groups excluding tert-OH is 2. The lowest BCUT2D eigenvalue weighted by molar-refractivity contribution is -0.143. The van der Waals surface area contributed by atoms with Crippen LogP contribution in [-0.4, -0.2) is 47.4 Å². The normalized spacial score (nSPS) is 12.7. The fourth-order valence-electron chi connectivity index (χ4n) is 10.4. The second kappa shape index (κ2) is 64.6. The Labute approximate surface area is 468 Å². The summed E-state index contributed by atoms with van der Waals surface area (Å²) in [5.41, 5.74) is 0. The first-order valence-corrected chi connectivity index (χ1v) is 33.8. The highest BCUT2D eigenvalue weighted by Crippen LogP contribution is 2.18. The Kier molecular flexibility index (Phi) is 63.0. The molecule has 2 atom stereocenters. The maximum atomic E-state index is 12.4. The average Bonchev–Trinajstić information content (AvgIpc) is 3.41. The number of nitrogens with one attached hydrogen (secondary N) is 1. The van der Waals surface area contributed by atoms with Gasteiger partial charge in [0, 0.05) is 12.8 Å². The highest BCUT2D eigenvalue weighted by Gasteiger charge is 2.18. The second-order valence-corrected chi connectivity index (χ2v) is 23.1. The largest absolute Gasteiger partial charge is 0.466 e. The van der Waals surface area contributed by atoms with E-state index in [1.165, 1.54) is 295 Å². The van der Waals surface area contributed by atoms with E-state index < -0.39 is 12.1 Å². The van der Waals surface area contributed by atoms with Gasteiger partial charge in [-0.25, -0.2) is 0 Å². The number of hydrogen-bond acceptors (Lipinski definition) is 5. The van der Waals surface area contributed by atoms with E-state index in [0.29, 0.717) is 19.4 Å². The molecule has 0 aliphatic rings. The Balaban J connectivity index is 3.35. The molecule has 0 aliphatic heterocycles. The third-order valence-corrected chi connectivity index (χ3v) is 15.6. The minimum atomic E-state index is -0.841. The van der Waals surface area contributed by atoms with E-state index in [0.717, 1.165) is 44.9 Å². The van der Waals surface area contributed by atoms with Crippen molar-refractivity contribution in [1.29, 1.82) is 0 Å². The van der Waals surface area contributed by atoms with Crippen molar-refractivity contribution in [2.45, 2.75) is 379 Å². The molecular formula is C69H131NO5. The van der Waals surface area contributed by atoms with Crippen LogP contribution in [0.3, 0.4) is 0 Å². The van der Waals surface area contributed by atoms with Gasteiger partial charge in [-0.2, -0.15) is 0 Å². The van der Waals surface area contributed by atoms with Gasteiger partial charge in [0.2, 0.25) is 5.91 Å². The van der Waals surface area contributed by atoms with Crippen LogP contribution in [-0.2, 0) is 14.3 Å². The van der Waals surface area contributed by atoms with Crippen molar-refractivity contribution in [3.63, 3.8) is 0 Å². The van der Waals surface area contributed by atoms with E-state index in [-0.39, 0.29) is 18.5 Å². The molecule has 1 amide bonds. The maximum absolute atomic E-state index is 12.4. The first-order chi connectivity index (χ1) is 37.0. The third kappa shape index (κ3) is 61.2. The van der Waals surface area contributed by atoms with Crippen LogP contribution in [0.2, 0.25) is 0 Å². The smallest absolute Gasteiger partial charge is 0.305 e. The van der Waals surface area contributed by atoms with Gasteiger partial charge in [-0.05, 0) is 83.5 Å². The zero-order valence-corrected chi connectivity index (χ0v) is 50.5. The molecule has 0 radical (unpaired) electrons. The first-order valence-electron chi connectivity index (χ1n) is 33.8. The predicted molar refractivity (Wildman–Crippen MR) is 329 cm³/mol. The first kappa shape index (κ1) is 73.1. The lowest BCUT2D eigenvalue weighted by atomic mass is 10.0. The molecule has 0 aromatic rings. The van der Waals surface area contributed by atoms with Gasteiger partial charge in [0.15, 0.2) is 0 Å². The molecule has 0 aliphatic carbocycles. The van der Waals surface area contributed by atoms with E-state index in [1.807, 2.05) is 6.08 Å². The molecule has 0 heterocycles. The number of unbranched alkanes of at least 4 members (excludes halogenated alkanes) is 48. The van der Waals surface area contributed by atoms with Crippen LogP contribution in [0.15, 0.2) is 36.5 Å². The number of amides is 1. The number of carbonyl (C=O) groups is 2. The minimum absolute atomic E-state index is 0.00920. The van der Waals surface area contributed by atoms with Gasteiger partial charge in [0.05, 0.1) is 25.4 Å². The topological polar surface area (TPSA) is 95.9 Å². The van der Waals surface area contributed by atoms with Crippen LogP contribution in [0.1, 0.15) is 367 Å². The van der Waals surface area contributed by atoms with Crippen LogP contribution in [0, 0.1) is 0 Å². The van der Waals surface area contributed by atoms with E-state index in [4.69, 9.17) is 4.74 Å². The average molecular weight is 1050 g/mol. The van der Waals surface area contributed by atoms with Crippen molar-refractivity contribution < 1.29 is 24.5 Å². The number of rotatable bonds is 63. The predicted octanol–water partition coefficient (Wildman–Crippen LogP) is 21.5. The van der Waals surface area contributed by atoms with Gasteiger partial charge in [-0.1, -0.05) is 307 Å². The summed E-state index contributed by atoms with van der Waals surface area (Å²) in [5.74, 6) is -0.0552. The molecule has 75 heavy (non-hydrogen) atoms. The molecule has 0 bridgehead atoms. The molecule has 0 aromatic carbocycles. The van der Waals surface area contributed by atoms with Crippen LogP contribution < -0.4 is 5.32 Å². The Morgan fingerprint density at radius 1 is 0.360 bits per heavy atom. The molecule has 2 unspecified atom stereocenters. The maximum Gasteiger partial charge on any atom is 0.305 e. The summed E-state index contributed by atoms with van der Waals surface area (Å²) < 4.78 is 5.48. The number of carbonyl (C=O) groups excluding carboxylic acids is 2. The van der Waals surface area contributed by atoms with Crippen molar-refractivity contribution in [1.82, 2.24) is 5.32 Å². The van der Waals surface area contributed by atoms with Crippen LogP contribution >= 0.6 is 0 Å². The number of ether oxygens (including phenoxy) is 1. The molecular weight excluding hydrogens is 923 g/mol. The Hall–Kier alpha value is -1.92. The van der Waals surface area contributed by atoms with Gasteiger partial charge in [0.1, 0.15) is 0 Å². The highest BCUT2D eigenvalue weighted by atomic mass is 16.5. The van der Waals surface area contributed by atoms with E-state index in [9.17, 15) is 19.8 Å². The van der Waals surface area contributed by atoms with E-state index in [1.54, 1.807) is 6.08 Å². The van der Waals surface area contributed by atoms with Gasteiger partial charge in [-0.15, -0.1) is 0 Å². The van der Waals surface area contributed by atoms with Crippen molar-refractivity contribution in [3.8, 4) is 0 Å². The summed E-state index contributed by atoms with van der Waals surface area (Å²) >= 11 is 0. The number of esters is 1. The molecule has 0 spiro atoms. The highest BCUT2D eigenvalue weighted by molar-refractivity contribution is 5.76. The fourth-order valence-corrected chi connectivity index (χ4v) is 10.4. The fraction of sp³-hybridized carbons (Fsp3) is 0.884. The third-order valence-electron chi connectivity index (χ3n) is 15.6. The molecule has 3 N–H and O–H groups in total. The SMILES string of the molecule is CCCCCC/C=C\CCCCCCCC(=O)OCCCCCCCCCCCCCC/C=C\CCCCCCCCCCCCCCCCCCCC(=O)NC(CO)C(O)/C=C/CCCCCCCCCCCC. The Morgan fingerprint density at radius 3 is 0.960 bits per heavy atom. The standard InChI is InChI=1S/C69H131NO5/c1-3-5-7-9-11-13-15-38-43-47-51-55-59-63-69(74)75-64-60-56-52-48-44-40-37-35-33-31-29-27-25-23-21-19-17-18-20-22-24-26-28-30-32-34-36-39-42-46-50-54-58-62-68(73)70-66(65-71)67(72)61-57-53-49-45-41-16-14-12-10-8-6-4-2/h13,15,21,23,57,61,66-67,71-72H,3-12,14,16-20,22,24-56,58-60,62-65H2,1-2H3,(H,70,73)/b15-13-,23-21-,61-57+. The van der Waals surface area contributed by atoms with E-state index >= 15 is 0 Å². The van der Waals surface area contributed by atoms with Crippen LogP contribution in [0.5, 0.6) is 0 Å². The monoisotopic (exact) mass is 1050 g/mol. The van der Waals surface area contributed by atoms with Crippen molar-refractivity contribution in [2.24, 2.45) is 0 Å². The summed E-state index contributed by atoms with van der Waals surface area (Å²) in [6.45, 7) is 4.90. The molecule has 442 valence electrons. The van der Waals surface area contributed by atoms with Crippen molar-refractivity contribution in [2.75, 3.05) is 13.2 Å². The Bertz CT molecular complexity index is 1210. The summed E-state index contributed by atoms with van der Waals surface area (Å²) in [7, 11) is 0. The van der Waals surface area contributed by atoms with Crippen LogP contribution in [0.25, 0.3) is 0 Å². The van der Waals surface area contributed by atoms with Crippen LogP contribution in [0.4, 0.5) is 0 Å². The molecule has 0 rings (SSSR count). The van der Waals surface area contributed by atoms with Crippen molar-refractivity contribution >= 4 is 11.9 Å². The summed E-state index contributed by atoms with van der Waals surface area (Å²) in [6.07, 6.45) is 82.2. The second-order valence-electron chi connectivity index (χ2n) is 23.1. The van der Waals surface area contributed by atoms with E-state index in [2.05, 4.69) is 43.5 Å². The summed E-state index contributed by atoms with van der Waals surface area (Å²) in [4.78, 5) is 24.5. The Morgan fingerprint density at radius 2 is 0.627 bits per heavy atom. The van der Waals surface area contributed by atoms with Gasteiger partial charge in [0.25, 0.3) is 0 Å². The van der Waals surface area contributed by atoms with Gasteiger partial charge >= 0.3 is 5.97 Å². The van der Waals surface area contributed by atoms with Crippen molar-refractivity contribution in [3.05, 3.63) is 36.5 Å². The summed E-state index contributed by atoms with van der Waals surface area (Å²) in [6, 6.07) is -0.624. The number of aliphatic hydroxyl groups is 2. The zero-order chi connectivity index (χ0) is 54.3. The lowest BCUT2D eigenvalue weighted by Gasteiger charge is -2.20. The molecule has 6 nitrogen and oxygen atoms in total. The van der Waals surface area contributed by atoms with Gasteiger partial charge in [-0.3, -0.25) is 9.59 Å². The molecule has 6 heteroatoms.